The summed E-state index contributed by atoms with van der Waals surface area (Å²) in [6, 6.07) is 24.7. The second-order valence-electron chi connectivity index (χ2n) is 8.45. The minimum absolute atomic E-state index is 0.0635. The summed E-state index contributed by atoms with van der Waals surface area (Å²) in [6.07, 6.45) is 5.72. The molecular formula is C29H35N3O3. The van der Waals surface area contributed by atoms with E-state index in [4.69, 9.17) is 4.74 Å². The Morgan fingerprint density at radius 3 is 2.23 bits per heavy atom. The monoisotopic (exact) mass is 473 g/mol. The van der Waals surface area contributed by atoms with Crippen molar-refractivity contribution in [2.45, 2.75) is 45.4 Å². The van der Waals surface area contributed by atoms with Gasteiger partial charge in [-0.2, -0.15) is 0 Å². The standard InChI is InChI=1S/C29H35N3O3/c1-2-3-4-8-19-35-27-16-10-13-24(21-27)30-22-29(34)32-26-15-9-14-25(20-26)31-28(33)18-17-23-11-6-5-7-12-23/h5-7,9-16,20-21,30H,2-4,8,17-19,22H2,1H3,(H,31,33)(H,32,34). The molecule has 0 atom stereocenters. The van der Waals surface area contributed by atoms with E-state index in [1.54, 1.807) is 18.2 Å². The minimum Gasteiger partial charge on any atom is -0.494 e. The van der Waals surface area contributed by atoms with Gasteiger partial charge in [0, 0.05) is 29.5 Å². The lowest BCUT2D eigenvalue weighted by atomic mass is 10.1. The number of amides is 2. The molecule has 3 rings (SSSR count). The van der Waals surface area contributed by atoms with Crippen molar-refractivity contribution in [2.75, 3.05) is 29.1 Å². The van der Waals surface area contributed by atoms with Crippen molar-refractivity contribution in [2.24, 2.45) is 0 Å². The van der Waals surface area contributed by atoms with E-state index >= 15 is 0 Å². The van der Waals surface area contributed by atoms with E-state index in [0.29, 0.717) is 30.8 Å². The molecule has 35 heavy (non-hydrogen) atoms. The van der Waals surface area contributed by atoms with Crippen LogP contribution in [-0.2, 0) is 16.0 Å². The summed E-state index contributed by atoms with van der Waals surface area (Å²) in [5.74, 6) is 0.553. The lowest BCUT2D eigenvalue weighted by Crippen LogP contribution is -2.22. The Morgan fingerprint density at radius 1 is 0.743 bits per heavy atom. The smallest absolute Gasteiger partial charge is 0.243 e. The Balaban J connectivity index is 1.42. The van der Waals surface area contributed by atoms with Crippen molar-refractivity contribution in [3.8, 4) is 5.75 Å². The van der Waals surface area contributed by atoms with Gasteiger partial charge in [-0.25, -0.2) is 0 Å². The fourth-order valence-corrected chi connectivity index (χ4v) is 3.60. The zero-order valence-corrected chi connectivity index (χ0v) is 20.4. The molecule has 0 bridgehead atoms. The quantitative estimate of drug-likeness (QED) is 0.241. The first-order chi connectivity index (χ1) is 17.1. The minimum atomic E-state index is -0.177. The lowest BCUT2D eigenvalue weighted by Gasteiger charge is -2.11. The largest absolute Gasteiger partial charge is 0.494 e. The summed E-state index contributed by atoms with van der Waals surface area (Å²) in [6.45, 7) is 3.01. The van der Waals surface area contributed by atoms with Crippen LogP contribution >= 0.6 is 0 Å². The molecule has 0 aliphatic carbocycles. The Morgan fingerprint density at radius 2 is 1.46 bits per heavy atom. The molecule has 0 aromatic heterocycles. The third-order valence-corrected chi connectivity index (χ3v) is 5.47. The molecule has 0 radical (unpaired) electrons. The van der Waals surface area contributed by atoms with Gasteiger partial charge in [0.05, 0.1) is 13.2 Å². The highest BCUT2D eigenvalue weighted by atomic mass is 16.5. The summed E-state index contributed by atoms with van der Waals surface area (Å²) >= 11 is 0. The lowest BCUT2D eigenvalue weighted by molar-refractivity contribution is -0.116. The molecule has 6 nitrogen and oxygen atoms in total. The maximum atomic E-state index is 12.4. The molecule has 0 aliphatic rings. The van der Waals surface area contributed by atoms with Gasteiger partial charge < -0.3 is 20.7 Å². The average Bonchev–Trinajstić information content (AvgIpc) is 2.87. The number of carbonyl (C=O) groups excluding carboxylic acids is 2. The average molecular weight is 474 g/mol. The molecule has 0 saturated heterocycles. The number of ether oxygens (including phenoxy) is 1. The number of nitrogens with one attached hydrogen (secondary N) is 3. The molecule has 6 heteroatoms. The van der Waals surface area contributed by atoms with Gasteiger partial charge >= 0.3 is 0 Å². The van der Waals surface area contributed by atoms with E-state index in [1.807, 2.05) is 60.7 Å². The highest BCUT2D eigenvalue weighted by Gasteiger charge is 2.07. The molecule has 0 unspecified atom stereocenters. The van der Waals surface area contributed by atoms with Crippen LogP contribution in [0.25, 0.3) is 0 Å². The van der Waals surface area contributed by atoms with Crippen LogP contribution in [0.1, 0.15) is 44.6 Å². The van der Waals surface area contributed by atoms with Gasteiger partial charge in [-0.15, -0.1) is 0 Å². The second-order valence-corrected chi connectivity index (χ2v) is 8.45. The summed E-state index contributed by atoms with van der Waals surface area (Å²) in [5.41, 5.74) is 3.23. The highest BCUT2D eigenvalue weighted by Crippen LogP contribution is 2.19. The summed E-state index contributed by atoms with van der Waals surface area (Å²) < 4.78 is 5.81. The molecule has 2 amide bonds. The van der Waals surface area contributed by atoms with Crippen LogP contribution in [0.2, 0.25) is 0 Å². The Labute approximate surface area is 208 Å². The zero-order chi connectivity index (χ0) is 24.7. The normalized spacial score (nSPS) is 10.4. The molecule has 0 spiro atoms. The van der Waals surface area contributed by atoms with Crippen LogP contribution in [0.4, 0.5) is 17.1 Å². The third-order valence-electron chi connectivity index (χ3n) is 5.47. The third kappa shape index (κ3) is 9.92. The first kappa shape index (κ1) is 25.8. The number of unbranched alkanes of at least 4 members (excludes halogenated alkanes) is 3. The summed E-state index contributed by atoms with van der Waals surface area (Å²) in [7, 11) is 0. The molecule has 0 heterocycles. The maximum absolute atomic E-state index is 12.4. The van der Waals surface area contributed by atoms with Crippen LogP contribution < -0.4 is 20.7 Å². The molecule has 3 aromatic rings. The van der Waals surface area contributed by atoms with E-state index in [1.165, 1.54) is 19.3 Å². The van der Waals surface area contributed by atoms with Crippen LogP contribution in [0.15, 0.2) is 78.9 Å². The van der Waals surface area contributed by atoms with Crippen molar-refractivity contribution < 1.29 is 14.3 Å². The number of hydrogen-bond donors (Lipinski definition) is 3. The maximum Gasteiger partial charge on any atom is 0.243 e. The summed E-state index contributed by atoms with van der Waals surface area (Å²) in [4.78, 5) is 24.7. The van der Waals surface area contributed by atoms with E-state index in [2.05, 4.69) is 22.9 Å². The zero-order valence-electron chi connectivity index (χ0n) is 20.4. The molecular weight excluding hydrogens is 438 g/mol. The van der Waals surface area contributed by atoms with Crippen molar-refractivity contribution >= 4 is 28.9 Å². The van der Waals surface area contributed by atoms with Gasteiger partial charge in [0.2, 0.25) is 11.8 Å². The van der Waals surface area contributed by atoms with Gasteiger partial charge in [0.15, 0.2) is 0 Å². The number of anilines is 3. The Bertz CT molecular complexity index is 1070. The molecule has 3 aromatic carbocycles. The fourth-order valence-electron chi connectivity index (χ4n) is 3.60. The molecule has 184 valence electrons. The van der Waals surface area contributed by atoms with Gasteiger partial charge in [-0.05, 0) is 48.7 Å². The highest BCUT2D eigenvalue weighted by molar-refractivity contribution is 5.95. The predicted molar refractivity (Wildman–Crippen MR) is 143 cm³/mol. The van der Waals surface area contributed by atoms with E-state index in [-0.39, 0.29) is 18.4 Å². The number of hydrogen-bond acceptors (Lipinski definition) is 4. The molecule has 0 fully saturated rings. The van der Waals surface area contributed by atoms with Crippen molar-refractivity contribution in [3.05, 3.63) is 84.4 Å². The number of rotatable bonds is 14. The van der Waals surface area contributed by atoms with Crippen LogP contribution in [0, 0.1) is 0 Å². The predicted octanol–water partition coefficient (Wildman–Crippen LogP) is 6.27. The van der Waals surface area contributed by atoms with Gasteiger partial charge in [-0.1, -0.05) is 68.7 Å². The van der Waals surface area contributed by atoms with Crippen LogP contribution in [0.3, 0.4) is 0 Å². The van der Waals surface area contributed by atoms with E-state index in [9.17, 15) is 9.59 Å². The second kappa shape index (κ2) is 14.5. The van der Waals surface area contributed by atoms with Crippen molar-refractivity contribution in [1.82, 2.24) is 0 Å². The van der Waals surface area contributed by atoms with Crippen LogP contribution in [-0.4, -0.2) is 25.0 Å². The van der Waals surface area contributed by atoms with Gasteiger partial charge in [0.25, 0.3) is 0 Å². The van der Waals surface area contributed by atoms with Crippen molar-refractivity contribution in [3.63, 3.8) is 0 Å². The van der Waals surface area contributed by atoms with Crippen LogP contribution in [0.5, 0.6) is 5.75 Å². The number of carbonyl (C=O) groups is 2. The molecule has 0 saturated carbocycles. The Kier molecular flexibility index (Phi) is 10.7. The number of benzene rings is 3. The van der Waals surface area contributed by atoms with Crippen molar-refractivity contribution in [1.29, 1.82) is 0 Å². The van der Waals surface area contributed by atoms with E-state index in [0.717, 1.165) is 23.4 Å². The van der Waals surface area contributed by atoms with Gasteiger partial charge in [-0.3, -0.25) is 9.59 Å². The molecule has 0 aliphatic heterocycles. The first-order valence-electron chi connectivity index (χ1n) is 12.3. The topological polar surface area (TPSA) is 79.5 Å². The van der Waals surface area contributed by atoms with E-state index < -0.39 is 0 Å². The fraction of sp³-hybridized carbons (Fsp3) is 0.310. The molecule has 3 N–H and O–H groups in total. The van der Waals surface area contributed by atoms with Gasteiger partial charge in [0.1, 0.15) is 5.75 Å². The Hall–Kier alpha value is -3.80. The first-order valence-corrected chi connectivity index (χ1v) is 12.3. The summed E-state index contributed by atoms with van der Waals surface area (Å²) in [5, 5.41) is 8.90. The SMILES string of the molecule is CCCCCCOc1cccc(NCC(=O)Nc2cccc(NC(=O)CCc3ccccc3)c2)c1. The number of aryl methyl sites for hydroxylation is 1.